The predicted molar refractivity (Wildman–Crippen MR) is 128 cm³/mol. The van der Waals surface area contributed by atoms with Crippen LogP contribution < -0.4 is 5.32 Å². The van der Waals surface area contributed by atoms with Gasteiger partial charge in [0.25, 0.3) is 5.91 Å². The molecule has 1 N–H and O–H groups in total. The van der Waals surface area contributed by atoms with E-state index in [0.29, 0.717) is 5.56 Å². The summed E-state index contributed by atoms with van der Waals surface area (Å²) in [5.74, 6) is 2.30. The summed E-state index contributed by atoms with van der Waals surface area (Å²) in [5, 5.41) is 3.05. The Morgan fingerprint density at radius 2 is 1.83 bits per heavy atom. The van der Waals surface area contributed by atoms with Crippen molar-refractivity contribution in [3.63, 3.8) is 0 Å². The standard InChI is InChI=1S/C24H30N2OS2/c1-5-6-13-28-14-7-12-25-24(27)19-10-11-21-20(15-19)26-18(4)22-16(2)8-9-17(3)23(22)29-21/h8-11,15H,5-7,12-14H2,1-4H3,(H,25,27). The number of rotatable bonds is 8. The minimum absolute atomic E-state index is 0.0154. The summed E-state index contributed by atoms with van der Waals surface area (Å²) in [6.45, 7) is 9.27. The van der Waals surface area contributed by atoms with Crippen molar-refractivity contribution < 1.29 is 4.79 Å². The summed E-state index contributed by atoms with van der Waals surface area (Å²) in [5.41, 5.74) is 6.29. The Kier molecular flexibility index (Phi) is 7.84. The summed E-state index contributed by atoms with van der Waals surface area (Å²) < 4.78 is 0. The van der Waals surface area contributed by atoms with E-state index in [1.165, 1.54) is 40.2 Å². The van der Waals surface area contributed by atoms with E-state index in [1.54, 1.807) is 11.8 Å². The van der Waals surface area contributed by atoms with Gasteiger partial charge in [-0.1, -0.05) is 37.2 Å². The van der Waals surface area contributed by atoms with Gasteiger partial charge in [-0.2, -0.15) is 11.8 Å². The summed E-state index contributed by atoms with van der Waals surface area (Å²) in [4.78, 5) is 19.8. The maximum atomic E-state index is 12.6. The van der Waals surface area contributed by atoms with Crippen LogP contribution in [0.5, 0.6) is 0 Å². The van der Waals surface area contributed by atoms with E-state index < -0.39 is 0 Å². The third-order valence-electron chi connectivity index (χ3n) is 5.04. The number of thioether (sulfide) groups is 1. The molecule has 0 radical (unpaired) electrons. The maximum absolute atomic E-state index is 12.6. The molecular weight excluding hydrogens is 396 g/mol. The molecule has 2 aromatic rings. The molecule has 0 saturated carbocycles. The smallest absolute Gasteiger partial charge is 0.251 e. The van der Waals surface area contributed by atoms with Crippen LogP contribution in [0, 0.1) is 13.8 Å². The van der Waals surface area contributed by atoms with Gasteiger partial charge in [0, 0.05) is 33.2 Å². The highest BCUT2D eigenvalue weighted by molar-refractivity contribution is 7.99. The van der Waals surface area contributed by atoms with Gasteiger partial charge in [-0.25, -0.2) is 0 Å². The second-order valence-electron chi connectivity index (χ2n) is 7.46. The van der Waals surface area contributed by atoms with Crippen LogP contribution in [0.25, 0.3) is 0 Å². The molecule has 29 heavy (non-hydrogen) atoms. The van der Waals surface area contributed by atoms with Gasteiger partial charge in [-0.3, -0.25) is 9.79 Å². The molecule has 1 amide bonds. The Bertz CT molecular complexity index is 921. The fraction of sp³-hybridized carbons (Fsp3) is 0.417. The minimum Gasteiger partial charge on any atom is -0.352 e. The van der Waals surface area contributed by atoms with Crippen molar-refractivity contribution in [3.8, 4) is 0 Å². The van der Waals surface area contributed by atoms with Crippen molar-refractivity contribution in [2.24, 2.45) is 4.99 Å². The van der Waals surface area contributed by atoms with Crippen LogP contribution in [0.3, 0.4) is 0 Å². The van der Waals surface area contributed by atoms with Crippen molar-refractivity contribution in [1.29, 1.82) is 0 Å². The van der Waals surface area contributed by atoms with Gasteiger partial charge < -0.3 is 5.32 Å². The number of amides is 1. The molecule has 0 atom stereocenters. The monoisotopic (exact) mass is 426 g/mol. The van der Waals surface area contributed by atoms with Crippen molar-refractivity contribution in [3.05, 3.63) is 52.6 Å². The second kappa shape index (κ2) is 10.4. The molecule has 0 fully saturated rings. The van der Waals surface area contributed by atoms with Crippen LogP contribution in [0.4, 0.5) is 5.69 Å². The number of fused-ring (bicyclic) bond motifs is 2. The molecule has 3 nitrogen and oxygen atoms in total. The fourth-order valence-corrected chi connectivity index (χ4v) is 5.62. The van der Waals surface area contributed by atoms with Crippen LogP contribution in [0.2, 0.25) is 0 Å². The van der Waals surface area contributed by atoms with Crippen LogP contribution in [0.15, 0.2) is 45.1 Å². The quantitative estimate of drug-likeness (QED) is 0.486. The highest BCUT2D eigenvalue weighted by Crippen LogP contribution is 2.43. The highest BCUT2D eigenvalue weighted by Gasteiger charge is 2.19. The predicted octanol–water partition coefficient (Wildman–Crippen LogP) is 6.56. The first-order valence-corrected chi connectivity index (χ1v) is 12.3. The summed E-state index contributed by atoms with van der Waals surface area (Å²) in [6, 6.07) is 10.2. The van der Waals surface area contributed by atoms with E-state index >= 15 is 0 Å². The molecule has 154 valence electrons. The topological polar surface area (TPSA) is 41.5 Å². The molecular formula is C24H30N2OS2. The summed E-state index contributed by atoms with van der Waals surface area (Å²) in [7, 11) is 0. The molecule has 1 aliphatic heterocycles. The van der Waals surface area contributed by atoms with Gasteiger partial charge >= 0.3 is 0 Å². The maximum Gasteiger partial charge on any atom is 0.251 e. The van der Waals surface area contributed by atoms with Crippen molar-refractivity contribution in [1.82, 2.24) is 5.32 Å². The number of hydrogen-bond acceptors (Lipinski definition) is 4. The van der Waals surface area contributed by atoms with Crippen LogP contribution in [0.1, 0.15) is 60.2 Å². The van der Waals surface area contributed by atoms with Crippen molar-refractivity contribution in [2.45, 2.75) is 56.7 Å². The van der Waals surface area contributed by atoms with Gasteiger partial charge in [0.2, 0.25) is 0 Å². The molecule has 3 rings (SSSR count). The second-order valence-corrected chi connectivity index (χ2v) is 9.74. The first-order valence-electron chi connectivity index (χ1n) is 10.3. The number of benzene rings is 2. The number of hydrogen-bond donors (Lipinski definition) is 1. The molecule has 0 aromatic heterocycles. The number of aryl methyl sites for hydroxylation is 2. The Morgan fingerprint density at radius 3 is 2.62 bits per heavy atom. The molecule has 0 spiro atoms. The van der Waals surface area contributed by atoms with E-state index in [9.17, 15) is 4.79 Å². The Morgan fingerprint density at radius 1 is 1.07 bits per heavy atom. The zero-order valence-electron chi connectivity index (χ0n) is 17.8. The van der Waals surface area contributed by atoms with Gasteiger partial charge in [0.1, 0.15) is 0 Å². The van der Waals surface area contributed by atoms with E-state index in [0.717, 1.165) is 35.0 Å². The average Bonchev–Trinajstić information content (AvgIpc) is 2.85. The third kappa shape index (κ3) is 5.46. The lowest BCUT2D eigenvalue weighted by Crippen LogP contribution is -2.24. The first-order chi connectivity index (χ1) is 14.0. The third-order valence-corrected chi connectivity index (χ3v) is 7.49. The van der Waals surface area contributed by atoms with Crippen molar-refractivity contribution >= 4 is 40.8 Å². The Hall–Kier alpha value is -1.72. The number of carbonyl (C=O) groups excluding carboxylic acids is 1. The molecule has 0 unspecified atom stereocenters. The Labute approximate surface area is 183 Å². The van der Waals surface area contributed by atoms with Crippen molar-refractivity contribution in [2.75, 3.05) is 18.1 Å². The highest BCUT2D eigenvalue weighted by atomic mass is 32.2. The fourth-order valence-electron chi connectivity index (χ4n) is 3.37. The molecule has 1 aliphatic rings. The number of carbonyl (C=O) groups is 1. The van der Waals surface area contributed by atoms with Crippen LogP contribution in [-0.4, -0.2) is 29.7 Å². The average molecular weight is 427 g/mol. The molecule has 0 bridgehead atoms. The number of unbranched alkanes of at least 4 members (excludes halogenated alkanes) is 1. The Balaban J connectivity index is 1.69. The lowest BCUT2D eigenvalue weighted by atomic mass is 10.0. The van der Waals surface area contributed by atoms with Gasteiger partial charge in [-0.05, 0) is 74.4 Å². The number of nitrogens with one attached hydrogen (secondary N) is 1. The van der Waals surface area contributed by atoms with Crippen LogP contribution in [-0.2, 0) is 0 Å². The lowest BCUT2D eigenvalue weighted by Gasteiger charge is -2.12. The number of nitrogens with zero attached hydrogens (tertiary/aromatic N) is 1. The van der Waals surface area contributed by atoms with Crippen LogP contribution >= 0.6 is 23.5 Å². The molecule has 5 heteroatoms. The molecule has 1 heterocycles. The molecule has 0 aliphatic carbocycles. The number of aliphatic imine (C=N–C) groups is 1. The lowest BCUT2D eigenvalue weighted by molar-refractivity contribution is 0.0953. The van der Waals surface area contributed by atoms with E-state index in [4.69, 9.17) is 4.99 Å². The zero-order valence-corrected chi connectivity index (χ0v) is 19.4. The van der Waals surface area contributed by atoms with E-state index in [2.05, 4.69) is 45.1 Å². The largest absolute Gasteiger partial charge is 0.352 e. The van der Waals surface area contributed by atoms with Gasteiger partial charge in [-0.15, -0.1) is 0 Å². The SMILES string of the molecule is CCCCSCCCNC(=O)c1ccc2c(c1)N=C(C)c1c(C)ccc(C)c1S2. The minimum atomic E-state index is -0.0154. The van der Waals surface area contributed by atoms with Gasteiger partial charge in [0.15, 0.2) is 0 Å². The first kappa shape index (κ1) is 22.0. The zero-order chi connectivity index (χ0) is 20.8. The molecule has 2 aromatic carbocycles. The normalized spacial score (nSPS) is 12.6. The molecule has 0 saturated heterocycles. The van der Waals surface area contributed by atoms with E-state index in [-0.39, 0.29) is 5.91 Å². The van der Waals surface area contributed by atoms with E-state index in [1.807, 2.05) is 30.0 Å². The summed E-state index contributed by atoms with van der Waals surface area (Å²) in [6.07, 6.45) is 3.52. The summed E-state index contributed by atoms with van der Waals surface area (Å²) >= 11 is 3.72. The van der Waals surface area contributed by atoms with Gasteiger partial charge in [0.05, 0.1) is 5.69 Å².